The highest BCUT2D eigenvalue weighted by Crippen LogP contribution is 2.21. The van der Waals surface area contributed by atoms with Gasteiger partial charge in [0, 0.05) is 24.6 Å². The number of halogens is 1. The van der Waals surface area contributed by atoms with Crippen LogP contribution in [-0.4, -0.2) is 22.3 Å². The summed E-state index contributed by atoms with van der Waals surface area (Å²) in [5.74, 6) is -0.170. The molecule has 3 nitrogen and oxygen atoms in total. The van der Waals surface area contributed by atoms with E-state index < -0.39 is 0 Å². The van der Waals surface area contributed by atoms with E-state index in [9.17, 15) is 9.18 Å². The summed E-state index contributed by atoms with van der Waals surface area (Å²) < 4.78 is 13.2. The molecule has 1 unspecified atom stereocenters. The zero-order valence-electron chi connectivity index (χ0n) is 10.9. The third-order valence-corrected chi connectivity index (χ3v) is 3.72. The average molecular weight is 280 g/mol. The summed E-state index contributed by atoms with van der Waals surface area (Å²) in [6.07, 6.45) is 1.93. The molecule has 0 spiro atoms. The molecule has 1 aromatic rings. The Morgan fingerprint density at radius 3 is 3.00 bits per heavy atom. The van der Waals surface area contributed by atoms with E-state index in [1.165, 1.54) is 12.1 Å². The number of hydrogen-bond acceptors (Lipinski definition) is 2. The number of nitrogens with two attached hydrogens (primary N) is 1. The standard InChI is InChI=1S/C14H17FN2OS/c1-9-3-2-6-17(14(9)18)8-10-4-5-11(15)7-12(10)13(16)19/h4-5,7,9H,2-3,6,8H2,1H3,(H2,16,19). The second-order valence-electron chi connectivity index (χ2n) is 4.97. The van der Waals surface area contributed by atoms with Crippen molar-refractivity contribution in [3.8, 4) is 0 Å². The normalized spacial score (nSPS) is 19.6. The van der Waals surface area contributed by atoms with Crippen LogP contribution in [0.5, 0.6) is 0 Å². The van der Waals surface area contributed by atoms with Crippen molar-refractivity contribution in [3.05, 3.63) is 35.1 Å². The lowest BCUT2D eigenvalue weighted by molar-refractivity contribution is -0.138. The van der Waals surface area contributed by atoms with Gasteiger partial charge in [0.1, 0.15) is 10.8 Å². The highest BCUT2D eigenvalue weighted by Gasteiger charge is 2.25. The van der Waals surface area contributed by atoms with Crippen molar-refractivity contribution in [1.82, 2.24) is 4.90 Å². The third kappa shape index (κ3) is 3.10. The molecule has 0 bridgehead atoms. The van der Waals surface area contributed by atoms with Gasteiger partial charge in [-0.05, 0) is 30.5 Å². The largest absolute Gasteiger partial charge is 0.389 e. The van der Waals surface area contributed by atoms with Gasteiger partial charge in [-0.2, -0.15) is 0 Å². The molecule has 5 heteroatoms. The van der Waals surface area contributed by atoms with Crippen molar-refractivity contribution in [1.29, 1.82) is 0 Å². The number of carbonyl (C=O) groups excluding carboxylic acids is 1. The van der Waals surface area contributed by atoms with Crippen LogP contribution in [0.3, 0.4) is 0 Å². The van der Waals surface area contributed by atoms with Gasteiger partial charge in [0.05, 0.1) is 0 Å². The molecule has 0 aliphatic carbocycles. The lowest BCUT2D eigenvalue weighted by Crippen LogP contribution is -2.39. The van der Waals surface area contributed by atoms with Crippen molar-refractivity contribution in [2.45, 2.75) is 26.3 Å². The van der Waals surface area contributed by atoms with Gasteiger partial charge < -0.3 is 10.6 Å². The minimum absolute atomic E-state index is 0.0578. The molecular formula is C14H17FN2OS. The van der Waals surface area contributed by atoms with Crippen LogP contribution < -0.4 is 5.73 Å². The monoisotopic (exact) mass is 280 g/mol. The van der Waals surface area contributed by atoms with Crippen molar-refractivity contribution < 1.29 is 9.18 Å². The number of thiocarbonyl (C=S) groups is 1. The number of piperidine rings is 1. The number of nitrogens with zero attached hydrogens (tertiary/aromatic N) is 1. The van der Waals surface area contributed by atoms with Gasteiger partial charge in [-0.1, -0.05) is 25.2 Å². The first-order valence-electron chi connectivity index (χ1n) is 6.36. The maximum absolute atomic E-state index is 13.2. The molecule has 0 radical (unpaired) electrons. The van der Waals surface area contributed by atoms with Crippen LogP contribution in [0.15, 0.2) is 18.2 Å². The molecule has 19 heavy (non-hydrogen) atoms. The summed E-state index contributed by atoms with van der Waals surface area (Å²) in [4.78, 5) is 14.0. The predicted molar refractivity (Wildman–Crippen MR) is 76.1 cm³/mol. The number of carbonyl (C=O) groups is 1. The summed E-state index contributed by atoms with van der Waals surface area (Å²) in [7, 11) is 0. The Hall–Kier alpha value is -1.49. The van der Waals surface area contributed by atoms with Crippen LogP contribution in [0.1, 0.15) is 30.9 Å². The zero-order valence-corrected chi connectivity index (χ0v) is 11.7. The Balaban J connectivity index is 2.23. The number of likely N-dealkylation sites (tertiary alicyclic amines) is 1. The third-order valence-electron chi connectivity index (χ3n) is 3.50. The Morgan fingerprint density at radius 2 is 2.32 bits per heavy atom. The van der Waals surface area contributed by atoms with Crippen LogP contribution in [-0.2, 0) is 11.3 Å². The summed E-state index contributed by atoms with van der Waals surface area (Å²) in [5, 5.41) is 0. The van der Waals surface area contributed by atoms with E-state index in [0.717, 1.165) is 24.9 Å². The van der Waals surface area contributed by atoms with E-state index in [4.69, 9.17) is 18.0 Å². The van der Waals surface area contributed by atoms with E-state index in [2.05, 4.69) is 0 Å². The van der Waals surface area contributed by atoms with Crippen molar-refractivity contribution in [2.75, 3.05) is 6.54 Å². The fraction of sp³-hybridized carbons (Fsp3) is 0.429. The smallest absolute Gasteiger partial charge is 0.225 e. The van der Waals surface area contributed by atoms with Gasteiger partial charge in [0.25, 0.3) is 0 Å². The first-order valence-corrected chi connectivity index (χ1v) is 6.77. The molecule has 0 saturated carbocycles. The number of hydrogen-bond donors (Lipinski definition) is 1. The van der Waals surface area contributed by atoms with Gasteiger partial charge in [-0.25, -0.2) is 4.39 Å². The minimum atomic E-state index is -0.370. The minimum Gasteiger partial charge on any atom is -0.389 e. The molecule has 2 N–H and O–H groups in total. The second-order valence-corrected chi connectivity index (χ2v) is 5.41. The van der Waals surface area contributed by atoms with E-state index in [1.54, 1.807) is 11.0 Å². The van der Waals surface area contributed by atoms with E-state index in [1.807, 2.05) is 6.92 Å². The van der Waals surface area contributed by atoms with Crippen LogP contribution in [0, 0.1) is 11.7 Å². The van der Waals surface area contributed by atoms with Gasteiger partial charge in [-0.15, -0.1) is 0 Å². The molecule has 2 rings (SSSR count). The SMILES string of the molecule is CC1CCCN(Cc2ccc(F)cc2C(N)=S)C1=O. The quantitative estimate of drug-likeness (QED) is 0.864. The molecule has 1 heterocycles. The Kier molecular flexibility index (Phi) is 4.14. The molecule has 1 amide bonds. The van der Waals surface area contributed by atoms with E-state index >= 15 is 0 Å². The average Bonchev–Trinajstić information content (AvgIpc) is 2.36. The van der Waals surface area contributed by atoms with Crippen molar-refractivity contribution in [2.24, 2.45) is 11.7 Å². The van der Waals surface area contributed by atoms with Crippen LogP contribution in [0.25, 0.3) is 0 Å². The van der Waals surface area contributed by atoms with Crippen LogP contribution >= 0.6 is 12.2 Å². The maximum atomic E-state index is 13.2. The van der Waals surface area contributed by atoms with Crippen LogP contribution in [0.4, 0.5) is 4.39 Å². The van der Waals surface area contributed by atoms with Crippen LogP contribution in [0.2, 0.25) is 0 Å². The molecule has 1 atom stereocenters. The fourth-order valence-electron chi connectivity index (χ4n) is 2.41. The number of rotatable bonds is 3. The molecule has 1 aliphatic rings. The van der Waals surface area contributed by atoms with Crippen molar-refractivity contribution >= 4 is 23.1 Å². The molecule has 1 aromatic carbocycles. The van der Waals surface area contributed by atoms with Gasteiger partial charge >= 0.3 is 0 Å². The van der Waals surface area contributed by atoms with Crippen molar-refractivity contribution in [3.63, 3.8) is 0 Å². The van der Waals surface area contributed by atoms with Gasteiger partial charge in [-0.3, -0.25) is 4.79 Å². The van der Waals surface area contributed by atoms with E-state index in [0.29, 0.717) is 12.1 Å². The first kappa shape index (κ1) is 13.9. The zero-order chi connectivity index (χ0) is 14.0. The Labute approximate surface area is 117 Å². The topological polar surface area (TPSA) is 46.3 Å². The number of benzene rings is 1. The predicted octanol–water partition coefficient (Wildman–Crippen LogP) is 2.22. The summed E-state index contributed by atoms with van der Waals surface area (Å²) >= 11 is 4.94. The molecular weight excluding hydrogens is 263 g/mol. The number of amides is 1. The van der Waals surface area contributed by atoms with Gasteiger partial charge in [0.2, 0.25) is 5.91 Å². The molecule has 1 aliphatic heterocycles. The first-order chi connectivity index (χ1) is 8.99. The fourth-order valence-corrected chi connectivity index (χ4v) is 2.60. The lowest BCUT2D eigenvalue weighted by Gasteiger charge is -2.31. The summed E-state index contributed by atoms with van der Waals surface area (Å²) in [6, 6.07) is 4.35. The van der Waals surface area contributed by atoms with Gasteiger partial charge in [0.15, 0.2) is 0 Å². The second kappa shape index (κ2) is 5.65. The highest BCUT2D eigenvalue weighted by molar-refractivity contribution is 7.80. The Bertz CT molecular complexity index is 518. The lowest BCUT2D eigenvalue weighted by atomic mass is 9.98. The highest BCUT2D eigenvalue weighted by atomic mass is 32.1. The molecule has 102 valence electrons. The Morgan fingerprint density at radius 1 is 1.58 bits per heavy atom. The summed E-state index contributed by atoms with van der Waals surface area (Å²) in [6.45, 7) is 3.11. The molecule has 0 aromatic heterocycles. The maximum Gasteiger partial charge on any atom is 0.225 e. The summed E-state index contributed by atoms with van der Waals surface area (Å²) in [5.41, 5.74) is 6.93. The van der Waals surface area contributed by atoms with E-state index in [-0.39, 0.29) is 22.6 Å². The molecule has 1 saturated heterocycles. The molecule has 1 fully saturated rings.